The van der Waals surface area contributed by atoms with E-state index in [1.807, 2.05) is 0 Å². The molecule has 0 aromatic heterocycles. The van der Waals surface area contributed by atoms with E-state index in [1.54, 1.807) is 36.4 Å². The van der Waals surface area contributed by atoms with Crippen LogP contribution in [0.25, 0.3) is 0 Å². The standard InChI is InChI=1S/C20H20ClFN4O2/c21-14-1-5-17(6-2-14)26-19(27)13-18(23-20(26)28)25-11-9-24(10-12-25)16-7-3-15(22)4-8-16/h1-8,18H,9-13H2,(H,23,28). The van der Waals surface area contributed by atoms with Crippen molar-refractivity contribution >= 4 is 34.9 Å². The fourth-order valence-corrected chi connectivity index (χ4v) is 3.77. The van der Waals surface area contributed by atoms with Crippen molar-refractivity contribution in [2.75, 3.05) is 36.0 Å². The molecule has 0 saturated carbocycles. The molecule has 2 aromatic carbocycles. The van der Waals surface area contributed by atoms with Crippen LogP contribution in [0, 0.1) is 5.82 Å². The molecule has 0 radical (unpaired) electrons. The summed E-state index contributed by atoms with van der Waals surface area (Å²) in [5.41, 5.74) is 1.48. The van der Waals surface area contributed by atoms with Crippen molar-refractivity contribution in [3.05, 3.63) is 59.4 Å². The van der Waals surface area contributed by atoms with Crippen LogP contribution in [0.1, 0.15) is 6.42 Å². The molecule has 2 aromatic rings. The predicted molar refractivity (Wildman–Crippen MR) is 106 cm³/mol. The van der Waals surface area contributed by atoms with Gasteiger partial charge in [0.15, 0.2) is 0 Å². The molecular weight excluding hydrogens is 383 g/mol. The summed E-state index contributed by atoms with van der Waals surface area (Å²) in [5, 5.41) is 3.48. The van der Waals surface area contributed by atoms with Crippen LogP contribution in [0.4, 0.5) is 20.6 Å². The van der Waals surface area contributed by atoms with E-state index in [1.165, 1.54) is 12.1 Å². The molecule has 1 N–H and O–H groups in total. The molecule has 0 bridgehead atoms. The van der Waals surface area contributed by atoms with E-state index < -0.39 is 6.03 Å². The number of nitrogens with zero attached hydrogens (tertiary/aromatic N) is 3. The highest BCUT2D eigenvalue weighted by Crippen LogP contribution is 2.24. The van der Waals surface area contributed by atoms with Crippen molar-refractivity contribution in [3.8, 4) is 0 Å². The van der Waals surface area contributed by atoms with Gasteiger partial charge in [-0.3, -0.25) is 9.69 Å². The first-order valence-electron chi connectivity index (χ1n) is 9.15. The summed E-state index contributed by atoms with van der Waals surface area (Å²) in [4.78, 5) is 30.6. The molecule has 2 aliphatic heterocycles. The zero-order chi connectivity index (χ0) is 19.7. The van der Waals surface area contributed by atoms with Crippen molar-refractivity contribution < 1.29 is 14.0 Å². The highest BCUT2D eigenvalue weighted by Gasteiger charge is 2.36. The minimum absolute atomic E-state index is 0.213. The number of hydrogen-bond donors (Lipinski definition) is 1. The Hall–Kier alpha value is -2.64. The van der Waals surface area contributed by atoms with Gasteiger partial charge in [-0.25, -0.2) is 14.1 Å². The predicted octanol–water partition coefficient (Wildman–Crippen LogP) is 3.07. The van der Waals surface area contributed by atoms with E-state index in [0.29, 0.717) is 23.8 Å². The lowest BCUT2D eigenvalue weighted by Gasteiger charge is -2.42. The van der Waals surface area contributed by atoms with Gasteiger partial charge in [0, 0.05) is 36.9 Å². The van der Waals surface area contributed by atoms with Gasteiger partial charge in [-0.1, -0.05) is 11.6 Å². The van der Waals surface area contributed by atoms with Crippen LogP contribution >= 0.6 is 11.6 Å². The van der Waals surface area contributed by atoms with Crippen molar-refractivity contribution in [1.82, 2.24) is 10.2 Å². The Morgan fingerprint density at radius 1 is 0.893 bits per heavy atom. The molecule has 2 aliphatic rings. The molecule has 2 saturated heterocycles. The normalized spacial score (nSPS) is 21.0. The fraction of sp³-hybridized carbons (Fsp3) is 0.300. The summed E-state index contributed by atoms with van der Waals surface area (Å²) in [5.74, 6) is -0.493. The molecule has 1 unspecified atom stereocenters. The third kappa shape index (κ3) is 3.81. The zero-order valence-electron chi connectivity index (χ0n) is 15.1. The highest BCUT2D eigenvalue weighted by molar-refractivity contribution is 6.30. The lowest BCUT2D eigenvalue weighted by molar-refractivity contribution is -0.120. The third-order valence-electron chi connectivity index (χ3n) is 5.14. The summed E-state index contributed by atoms with van der Waals surface area (Å²) in [7, 11) is 0. The van der Waals surface area contributed by atoms with Crippen LogP contribution in [-0.4, -0.2) is 49.2 Å². The minimum atomic E-state index is -0.426. The van der Waals surface area contributed by atoms with E-state index in [0.717, 1.165) is 23.7 Å². The Labute approximate surface area is 167 Å². The SMILES string of the molecule is O=C1CC(N2CCN(c3ccc(F)cc3)CC2)NC(=O)N1c1ccc(Cl)cc1. The van der Waals surface area contributed by atoms with Gasteiger partial charge in [-0.15, -0.1) is 0 Å². The van der Waals surface area contributed by atoms with Crippen molar-refractivity contribution in [2.45, 2.75) is 12.6 Å². The number of amides is 3. The number of urea groups is 1. The van der Waals surface area contributed by atoms with Crippen LogP contribution in [0.5, 0.6) is 0 Å². The Balaban J connectivity index is 1.38. The van der Waals surface area contributed by atoms with Crippen molar-refractivity contribution in [1.29, 1.82) is 0 Å². The second kappa shape index (κ2) is 7.77. The Morgan fingerprint density at radius 2 is 1.50 bits per heavy atom. The largest absolute Gasteiger partial charge is 0.369 e. The van der Waals surface area contributed by atoms with E-state index in [-0.39, 0.29) is 24.3 Å². The van der Waals surface area contributed by atoms with Crippen LogP contribution in [0.15, 0.2) is 48.5 Å². The van der Waals surface area contributed by atoms with Gasteiger partial charge in [-0.2, -0.15) is 0 Å². The number of anilines is 2. The van der Waals surface area contributed by atoms with Gasteiger partial charge in [0.2, 0.25) is 5.91 Å². The van der Waals surface area contributed by atoms with E-state index in [4.69, 9.17) is 11.6 Å². The molecule has 4 rings (SSSR count). The number of benzene rings is 2. The van der Waals surface area contributed by atoms with Crippen LogP contribution in [0.3, 0.4) is 0 Å². The summed E-state index contributed by atoms with van der Waals surface area (Å²) < 4.78 is 13.1. The van der Waals surface area contributed by atoms with Gasteiger partial charge in [0.1, 0.15) is 5.82 Å². The topological polar surface area (TPSA) is 55.9 Å². The number of carbonyl (C=O) groups excluding carboxylic acids is 2. The molecule has 0 spiro atoms. The average Bonchev–Trinajstić information content (AvgIpc) is 2.70. The molecule has 6 nitrogen and oxygen atoms in total. The number of imide groups is 1. The molecule has 1 atom stereocenters. The van der Waals surface area contributed by atoms with E-state index in [9.17, 15) is 14.0 Å². The molecule has 3 amide bonds. The summed E-state index contributed by atoms with van der Waals surface area (Å²) >= 11 is 5.88. The fourth-order valence-electron chi connectivity index (χ4n) is 3.64. The first kappa shape index (κ1) is 18.7. The van der Waals surface area contributed by atoms with Crippen molar-refractivity contribution in [3.63, 3.8) is 0 Å². The number of piperazine rings is 1. The van der Waals surface area contributed by atoms with Gasteiger partial charge >= 0.3 is 6.03 Å². The number of halogens is 2. The van der Waals surface area contributed by atoms with E-state index >= 15 is 0 Å². The Morgan fingerprint density at radius 3 is 2.11 bits per heavy atom. The molecule has 8 heteroatoms. The zero-order valence-corrected chi connectivity index (χ0v) is 15.9. The lowest BCUT2D eigenvalue weighted by Crippen LogP contribution is -2.63. The molecule has 2 heterocycles. The van der Waals surface area contributed by atoms with Gasteiger partial charge in [0.05, 0.1) is 18.3 Å². The second-order valence-electron chi connectivity index (χ2n) is 6.87. The van der Waals surface area contributed by atoms with Crippen LogP contribution in [-0.2, 0) is 4.79 Å². The summed E-state index contributed by atoms with van der Waals surface area (Å²) in [6, 6.07) is 12.6. The number of carbonyl (C=O) groups is 2. The monoisotopic (exact) mass is 402 g/mol. The Bertz CT molecular complexity index is 849. The molecular formula is C20H20ClFN4O2. The highest BCUT2D eigenvalue weighted by atomic mass is 35.5. The first-order valence-corrected chi connectivity index (χ1v) is 9.52. The lowest BCUT2D eigenvalue weighted by atomic mass is 10.1. The van der Waals surface area contributed by atoms with E-state index in [2.05, 4.69) is 15.1 Å². The number of hydrogen-bond acceptors (Lipinski definition) is 4. The maximum absolute atomic E-state index is 13.1. The first-order chi connectivity index (χ1) is 13.5. The van der Waals surface area contributed by atoms with Crippen molar-refractivity contribution in [2.24, 2.45) is 0 Å². The maximum Gasteiger partial charge on any atom is 0.329 e. The molecule has 2 fully saturated rings. The number of nitrogens with one attached hydrogen (secondary N) is 1. The smallest absolute Gasteiger partial charge is 0.329 e. The third-order valence-corrected chi connectivity index (χ3v) is 5.39. The number of rotatable bonds is 3. The summed E-state index contributed by atoms with van der Waals surface area (Å²) in [6.45, 7) is 2.90. The average molecular weight is 403 g/mol. The quantitative estimate of drug-likeness (QED) is 0.857. The molecule has 28 heavy (non-hydrogen) atoms. The van der Waals surface area contributed by atoms with Gasteiger partial charge in [-0.05, 0) is 48.5 Å². The van der Waals surface area contributed by atoms with Crippen LogP contribution < -0.4 is 15.1 Å². The maximum atomic E-state index is 13.1. The molecule has 146 valence electrons. The molecule has 0 aliphatic carbocycles. The summed E-state index contributed by atoms with van der Waals surface area (Å²) in [6.07, 6.45) is -0.107. The second-order valence-corrected chi connectivity index (χ2v) is 7.31. The van der Waals surface area contributed by atoms with Gasteiger partial charge < -0.3 is 10.2 Å². The minimum Gasteiger partial charge on any atom is -0.369 e. The Kier molecular flexibility index (Phi) is 5.19. The van der Waals surface area contributed by atoms with Gasteiger partial charge in [0.25, 0.3) is 0 Å². The van der Waals surface area contributed by atoms with Crippen LogP contribution in [0.2, 0.25) is 5.02 Å².